The number of thiazole rings is 1. The number of hydrogen-bond acceptors (Lipinski definition) is 5. The minimum atomic E-state index is 0.623. The van der Waals surface area contributed by atoms with Crippen LogP contribution in [0.4, 0.5) is 0 Å². The Morgan fingerprint density at radius 1 is 1.22 bits per heavy atom. The molecule has 0 radical (unpaired) electrons. The second-order valence-electron chi connectivity index (χ2n) is 6.79. The summed E-state index contributed by atoms with van der Waals surface area (Å²) >= 11 is 1.74. The van der Waals surface area contributed by atoms with Crippen molar-refractivity contribution in [3.05, 3.63) is 27.7 Å². The molecule has 2 aromatic heterocycles. The summed E-state index contributed by atoms with van der Waals surface area (Å²) in [6.07, 6.45) is 9.80. The van der Waals surface area contributed by atoms with Gasteiger partial charge in [0.25, 0.3) is 0 Å². The maximum absolute atomic E-state index is 4.66. The highest BCUT2D eigenvalue weighted by atomic mass is 32.1. The molecule has 2 aromatic rings. The minimum absolute atomic E-state index is 0.623. The van der Waals surface area contributed by atoms with Gasteiger partial charge in [-0.3, -0.25) is 0 Å². The van der Waals surface area contributed by atoms with Gasteiger partial charge in [0.1, 0.15) is 16.7 Å². The Morgan fingerprint density at radius 2 is 2.15 bits per heavy atom. The fourth-order valence-electron chi connectivity index (χ4n) is 3.26. The van der Waals surface area contributed by atoms with Crippen LogP contribution in [0.25, 0.3) is 0 Å². The fourth-order valence-corrected chi connectivity index (χ4v) is 4.04. The molecule has 0 bridgehead atoms. The lowest BCUT2D eigenvalue weighted by Gasteiger charge is -2.11. The summed E-state index contributed by atoms with van der Waals surface area (Å²) in [4.78, 5) is 10.4. The Hall–Kier alpha value is -1.96. The van der Waals surface area contributed by atoms with E-state index in [0.717, 1.165) is 62.1 Å². The summed E-state index contributed by atoms with van der Waals surface area (Å²) in [6.45, 7) is 7.65. The molecular weight excluding hydrogens is 358 g/mol. The van der Waals surface area contributed by atoms with E-state index in [4.69, 9.17) is 0 Å². The molecule has 0 amide bonds. The van der Waals surface area contributed by atoms with Gasteiger partial charge in [0.2, 0.25) is 0 Å². The summed E-state index contributed by atoms with van der Waals surface area (Å²) in [5.41, 5.74) is 0. The van der Waals surface area contributed by atoms with Gasteiger partial charge in [-0.25, -0.2) is 9.98 Å². The third-order valence-corrected chi connectivity index (χ3v) is 5.85. The quantitative estimate of drug-likeness (QED) is 0.412. The molecule has 3 heterocycles. The zero-order chi connectivity index (χ0) is 18.9. The van der Waals surface area contributed by atoms with Crippen molar-refractivity contribution < 1.29 is 0 Å². The predicted molar refractivity (Wildman–Crippen MR) is 110 cm³/mol. The van der Waals surface area contributed by atoms with Crippen LogP contribution in [0.3, 0.4) is 0 Å². The molecule has 0 atom stereocenters. The molecule has 0 aliphatic carbocycles. The lowest BCUT2D eigenvalue weighted by atomic mass is 10.2. The predicted octanol–water partition coefficient (Wildman–Crippen LogP) is 2.71. The first-order valence-corrected chi connectivity index (χ1v) is 11.0. The molecule has 0 saturated heterocycles. The normalized spacial score (nSPS) is 14.7. The molecule has 0 fully saturated rings. The molecule has 0 unspecified atom stereocenters. The Bertz CT molecular complexity index is 734. The minimum Gasteiger partial charge on any atom is -0.357 e. The standard InChI is InChI=1S/C19H31N7S/c1-3-15-13-22-18(27-15)14-23-19(20-4-2)21-11-8-10-17-25-24-16-9-6-5-7-12-26(16)17/h13H,3-12,14H2,1-2H3,(H2,20,21,23). The van der Waals surface area contributed by atoms with Crippen LogP contribution in [0, 0.1) is 0 Å². The number of nitrogens with zero attached hydrogens (tertiary/aromatic N) is 5. The molecule has 1 aliphatic rings. The highest BCUT2D eigenvalue weighted by Crippen LogP contribution is 2.15. The van der Waals surface area contributed by atoms with Gasteiger partial charge in [-0.1, -0.05) is 13.3 Å². The van der Waals surface area contributed by atoms with Gasteiger partial charge in [0.15, 0.2) is 5.96 Å². The average molecular weight is 390 g/mol. The van der Waals surface area contributed by atoms with Crippen LogP contribution in [-0.4, -0.2) is 38.8 Å². The first-order valence-electron chi connectivity index (χ1n) is 10.2. The number of nitrogens with one attached hydrogen (secondary N) is 2. The SMILES string of the molecule is CCNC(=NCc1ncc(CC)s1)NCCCc1nnc2n1CCCCC2. The third kappa shape index (κ3) is 5.76. The third-order valence-electron chi connectivity index (χ3n) is 4.72. The maximum atomic E-state index is 4.66. The van der Waals surface area contributed by atoms with Crippen molar-refractivity contribution in [3.8, 4) is 0 Å². The van der Waals surface area contributed by atoms with Gasteiger partial charge in [-0.15, -0.1) is 21.5 Å². The number of aryl methyl sites for hydroxylation is 3. The van der Waals surface area contributed by atoms with Crippen molar-refractivity contribution in [2.24, 2.45) is 4.99 Å². The number of rotatable bonds is 8. The summed E-state index contributed by atoms with van der Waals surface area (Å²) in [5.74, 6) is 3.15. The lowest BCUT2D eigenvalue weighted by molar-refractivity contribution is 0.594. The van der Waals surface area contributed by atoms with Crippen molar-refractivity contribution in [1.82, 2.24) is 30.4 Å². The zero-order valence-electron chi connectivity index (χ0n) is 16.5. The van der Waals surface area contributed by atoms with Crippen LogP contribution >= 0.6 is 11.3 Å². The smallest absolute Gasteiger partial charge is 0.191 e. The van der Waals surface area contributed by atoms with Gasteiger partial charge in [0.05, 0.1) is 6.54 Å². The Morgan fingerprint density at radius 3 is 2.96 bits per heavy atom. The van der Waals surface area contributed by atoms with Gasteiger partial charge in [-0.2, -0.15) is 0 Å². The van der Waals surface area contributed by atoms with Gasteiger partial charge < -0.3 is 15.2 Å². The van der Waals surface area contributed by atoms with Crippen LogP contribution < -0.4 is 10.6 Å². The zero-order valence-corrected chi connectivity index (χ0v) is 17.3. The molecule has 8 heteroatoms. The van der Waals surface area contributed by atoms with Crippen molar-refractivity contribution in [1.29, 1.82) is 0 Å². The van der Waals surface area contributed by atoms with E-state index < -0.39 is 0 Å². The molecule has 27 heavy (non-hydrogen) atoms. The number of fused-ring (bicyclic) bond motifs is 1. The molecule has 3 rings (SSSR count). The number of aromatic nitrogens is 4. The van der Waals surface area contributed by atoms with E-state index in [-0.39, 0.29) is 0 Å². The fraction of sp³-hybridized carbons (Fsp3) is 0.684. The van der Waals surface area contributed by atoms with E-state index in [0.29, 0.717) is 6.54 Å². The van der Waals surface area contributed by atoms with Crippen LogP contribution in [0.1, 0.15) is 61.1 Å². The Balaban J connectivity index is 1.47. The molecule has 7 nitrogen and oxygen atoms in total. The molecule has 1 aliphatic heterocycles. The number of aliphatic imine (C=N–C) groups is 1. The van der Waals surface area contributed by atoms with Crippen LogP contribution in [-0.2, 0) is 32.4 Å². The van der Waals surface area contributed by atoms with E-state index in [2.05, 4.69) is 49.2 Å². The second-order valence-corrected chi connectivity index (χ2v) is 7.99. The summed E-state index contributed by atoms with van der Waals surface area (Å²) < 4.78 is 2.33. The van der Waals surface area contributed by atoms with E-state index in [1.54, 1.807) is 11.3 Å². The molecular formula is C19H31N7S. The maximum Gasteiger partial charge on any atom is 0.191 e. The summed E-state index contributed by atoms with van der Waals surface area (Å²) in [7, 11) is 0. The monoisotopic (exact) mass is 389 g/mol. The molecule has 148 valence electrons. The largest absolute Gasteiger partial charge is 0.357 e. The van der Waals surface area contributed by atoms with E-state index in [9.17, 15) is 0 Å². The Labute approximate surface area is 165 Å². The van der Waals surface area contributed by atoms with Crippen molar-refractivity contribution in [2.75, 3.05) is 13.1 Å². The first-order chi connectivity index (χ1) is 13.3. The summed E-state index contributed by atoms with van der Waals surface area (Å²) in [5, 5.41) is 16.6. The van der Waals surface area contributed by atoms with Crippen LogP contribution in [0.15, 0.2) is 11.2 Å². The van der Waals surface area contributed by atoms with Crippen LogP contribution in [0.5, 0.6) is 0 Å². The molecule has 2 N–H and O–H groups in total. The topological polar surface area (TPSA) is 80.0 Å². The van der Waals surface area contributed by atoms with Gasteiger partial charge >= 0.3 is 0 Å². The second kappa shape index (κ2) is 10.4. The molecule has 0 saturated carbocycles. The molecule has 0 spiro atoms. The highest BCUT2D eigenvalue weighted by Gasteiger charge is 2.14. The van der Waals surface area contributed by atoms with Gasteiger partial charge in [-0.05, 0) is 32.6 Å². The number of guanidine groups is 1. The van der Waals surface area contributed by atoms with Gasteiger partial charge in [0, 0.05) is 43.5 Å². The van der Waals surface area contributed by atoms with Crippen molar-refractivity contribution in [3.63, 3.8) is 0 Å². The van der Waals surface area contributed by atoms with E-state index >= 15 is 0 Å². The number of hydrogen-bond donors (Lipinski definition) is 2. The highest BCUT2D eigenvalue weighted by molar-refractivity contribution is 7.11. The Kier molecular flexibility index (Phi) is 7.62. The van der Waals surface area contributed by atoms with Crippen molar-refractivity contribution >= 4 is 17.3 Å². The lowest BCUT2D eigenvalue weighted by Crippen LogP contribution is -2.37. The average Bonchev–Trinajstić information content (AvgIpc) is 3.23. The first kappa shape index (κ1) is 19.8. The summed E-state index contributed by atoms with van der Waals surface area (Å²) in [6, 6.07) is 0. The molecule has 0 aromatic carbocycles. The van der Waals surface area contributed by atoms with Crippen LogP contribution in [0.2, 0.25) is 0 Å². The van der Waals surface area contributed by atoms with E-state index in [1.807, 2.05) is 6.20 Å². The van der Waals surface area contributed by atoms with E-state index in [1.165, 1.54) is 30.0 Å². The van der Waals surface area contributed by atoms with Crippen molar-refractivity contribution in [2.45, 2.75) is 71.9 Å².